The van der Waals surface area contributed by atoms with Crippen molar-refractivity contribution >= 4 is 11.8 Å². The van der Waals surface area contributed by atoms with E-state index in [1.807, 2.05) is 0 Å². The Balaban J connectivity index is 2.27. The molecule has 2 aromatic rings. The number of hydrogen-bond acceptors (Lipinski definition) is 4. The number of carbonyl (C=O) groups is 2. The Labute approximate surface area is 111 Å². The Kier molecular flexibility index (Phi) is 3.71. The van der Waals surface area contributed by atoms with Gasteiger partial charge in [0.2, 0.25) is 0 Å². The van der Waals surface area contributed by atoms with E-state index in [1.54, 1.807) is 42.6 Å². The lowest BCUT2D eigenvalue weighted by Gasteiger charge is -2.03. The van der Waals surface area contributed by atoms with Crippen molar-refractivity contribution < 1.29 is 14.3 Å². The van der Waals surface area contributed by atoms with Gasteiger partial charge in [0.05, 0.1) is 18.4 Å². The maximum absolute atomic E-state index is 11.3. The van der Waals surface area contributed by atoms with Crippen molar-refractivity contribution in [2.24, 2.45) is 0 Å². The number of methoxy groups -OCH3 is 1. The van der Waals surface area contributed by atoms with E-state index in [9.17, 15) is 9.59 Å². The molecule has 0 amide bonds. The number of pyridine rings is 1. The summed E-state index contributed by atoms with van der Waals surface area (Å²) in [7, 11) is 1.35. The molecule has 0 unspecified atom stereocenters. The Morgan fingerprint density at radius 3 is 2.11 bits per heavy atom. The molecular weight excluding hydrogens is 242 g/mol. The molecule has 0 spiro atoms. The third-order valence-electron chi connectivity index (χ3n) is 2.77. The second-order valence-electron chi connectivity index (χ2n) is 4.06. The molecule has 1 aromatic heterocycles. The monoisotopic (exact) mass is 255 g/mol. The molecule has 96 valence electrons. The van der Waals surface area contributed by atoms with Crippen LogP contribution in [-0.2, 0) is 4.74 Å². The molecule has 1 heterocycles. The van der Waals surface area contributed by atoms with Crippen LogP contribution in [0.2, 0.25) is 0 Å². The van der Waals surface area contributed by atoms with Crippen LogP contribution < -0.4 is 0 Å². The minimum Gasteiger partial charge on any atom is -0.465 e. The number of nitrogens with zero attached hydrogens (tertiary/aromatic N) is 1. The van der Waals surface area contributed by atoms with Crippen molar-refractivity contribution in [1.82, 2.24) is 4.98 Å². The highest BCUT2D eigenvalue weighted by molar-refractivity contribution is 5.94. The van der Waals surface area contributed by atoms with Crippen LogP contribution in [0.1, 0.15) is 27.6 Å². The SMILES string of the molecule is COC(=O)c1ccc(-c2ccc(C(C)=O)cn2)cc1. The molecule has 0 N–H and O–H groups in total. The molecular formula is C15H13NO3. The van der Waals surface area contributed by atoms with Gasteiger partial charge in [0.15, 0.2) is 5.78 Å². The van der Waals surface area contributed by atoms with E-state index in [4.69, 9.17) is 0 Å². The van der Waals surface area contributed by atoms with Crippen LogP contribution in [0.3, 0.4) is 0 Å². The van der Waals surface area contributed by atoms with Gasteiger partial charge < -0.3 is 4.74 Å². The fourth-order valence-corrected chi connectivity index (χ4v) is 1.67. The van der Waals surface area contributed by atoms with E-state index < -0.39 is 0 Å². The maximum Gasteiger partial charge on any atom is 0.337 e. The summed E-state index contributed by atoms with van der Waals surface area (Å²) >= 11 is 0. The van der Waals surface area contributed by atoms with Crippen LogP contribution in [-0.4, -0.2) is 23.8 Å². The Bertz CT molecular complexity index is 600. The maximum atomic E-state index is 11.3. The van der Waals surface area contributed by atoms with Gasteiger partial charge in [0, 0.05) is 17.3 Å². The molecule has 4 heteroatoms. The zero-order valence-corrected chi connectivity index (χ0v) is 10.7. The predicted octanol–water partition coefficient (Wildman–Crippen LogP) is 2.74. The molecule has 0 atom stereocenters. The first-order valence-corrected chi connectivity index (χ1v) is 5.77. The largest absolute Gasteiger partial charge is 0.465 e. The highest BCUT2D eigenvalue weighted by Crippen LogP contribution is 2.18. The smallest absolute Gasteiger partial charge is 0.337 e. The topological polar surface area (TPSA) is 56.3 Å². The van der Waals surface area contributed by atoms with Crippen LogP contribution in [0, 0.1) is 0 Å². The van der Waals surface area contributed by atoms with Crippen LogP contribution in [0.25, 0.3) is 11.3 Å². The van der Waals surface area contributed by atoms with Crippen LogP contribution in [0.15, 0.2) is 42.6 Å². The van der Waals surface area contributed by atoms with Crippen molar-refractivity contribution in [3.63, 3.8) is 0 Å². The predicted molar refractivity (Wildman–Crippen MR) is 71.0 cm³/mol. The highest BCUT2D eigenvalue weighted by atomic mass is 16.5. The van der Waals surface area contributed by atoms with Crippen LogP contribution in [0.4, 0.5) is 0 Å². The number of carbonyl (C=O) groups excluding carboxylic acids is 2. The first kappa shape index (κ1) is 13.0. The third kappa shape index (κ3) is 2.85. The first-order valence-electron chi connectivity index (χ1n) is 5.77. The van der Waals surface area contributed by atoms with Crippen LogP contribution >= 0.6 is 0 Å². The summed E-state index contributed by atoms with van der Waals surface area (Å²) in [5, 5.41) is 0. The molecule has 19 heavy (non-hydrogen) atoms. The molecule has 0 aliphatic rings. The van der Waals surface area contributed by atoms with Gasteiger partial charge in [-0.3, -0.25) is 9.78 Å². The number of hydrogen-bond donors (Lipinski definition) is 0. The quantitative estimate of drug-likeness (QED) is 0.625. The van der Waals surface area contributed by atoms with Crippen molar-refractivity contribution in [2.75, 3.05) is 7.11 Å². The number of rotatable bonds is 3. The molecule has 2 rings (SSSR count). The average molecular weight is 255 g/mol. The number of ketones is 1. The second kappa shape index (κ2) is 5.44. The van der Waals surface area contributed by atoms with Gasteiger partial charge in [-0.2, -0.15) is 0 Å². The fraction of sp³-hybridized carbons (Fsp3) is 0.133. The minimum absolute atomic E-state index is 0.0138. The summed E-state index contributed by atoms with van der Waals surface area (Å²) in [5.74, 6) is -0.383. The van der Waals surface area contributed by atoms with Gasteiger partial charge in [-0.15, -0.1) is 0 Å². The molecule has 0 aliphatic heterocycles. The van der Waals surface area contributed by atoms with Crippen molar-refractivity contribution in [3.8, 4) is 11.3 Å². The van der Waals surface area contributed by atoms with Crippen molar-refractivity contribution in [3.05, 3.63) is 53.7 Å². The van der Waals surface area contributed by atoms with E-state index >= 15 is 0 Å². The van der Waals surface area contributed by atoms with E-state index in [2.05, 4.69) is 9.72 Å². The van der Waals surface area contributed by atoms with E-state index in [1.165, 1.54) is 14.0 Å². The Morgan fingerprint density at radius 1 is 1.00 bits per heavy atom. The minimum atomic E-state index is -0.369. The lowest BCUT2D eigenvalue weighted by Crippen LogP contribution is -2.00. The van der Waals surface area contributed by atoms with E-state index in [0.717, 1.165) is 11.3 Å². The molecule has 0 bridgehead atoms. The van der Waals surface area contributed by atoms with Gasteiger partial charge in [-0.25, -0.2) is 4.79 Å². The van der Waals surface area contributed by atoms with Gasteiger partial charge in [0.25, 0.3) is 0 Å². The van der Waals surface area contributed by atoms with Crippen molar-refractivity contribution in [1.29, 1.82) is 0 Å². The summed E-state index contributed by atoms with van der Waals surface area (Å²) in [5.41, 5.74) is 2.70. The second-order valence-corrected chi connectivity index (χ2v) is 4.06. The molecule has 0 radical (unpaired) electrons. The summed E-state index contributed by atoms with van der Waals surface area (Å²) in [6.45, 7) is 1.50. The number of benzene rings is 1. The van der Waals surface area contributed by atoms with Crippen LogP contribution in [0.5, 0.6) is 0 Å². The zero-order chi connectivity index (χ0) is 13.8. The molecule has 1 aromatic carbocycles. The average Bonchev–Trinajstić information content (AvgIpc) is 2.46. The standard InChI is InChI=1S/C15H13NO3/c1-10(17)13-7-8-14(16-9-13)11-3-5-12(6-4-11)15(18)19-2/h3-9H,1-2H3. The van der Waals surface area contributed by atoms with E-state index in [0.29, 0.717) is 11.1 Å². The molecule has 0 saturated carbocycles. The zero-order valence-electron chi connectivity index (χ0n) is 10.7. The Hall–Kier alpha value is -2.49. The molecule has 4 nitrogen and oxygen atoms in total. The Morgan fingerprint density at radius 2 is 1.63 bits per heavy atom. The molecule has 0 aliphatic carbocycles. The number of esters is 1. The number of aromatic nitrogens is 1. The molecule has 0 fully saturated rings. The summed E-state index contributed by atoms with van der Waals surface area (Å²) in [6.07, 6.45) is 1.55. The van der Waals surface area contributed by atoms with Gasteiger partial charge in [-0.05, 0) is 31.2 Å². The number of Topliss-reactive ketones (excluding diaryl/α,β-unsaturated/α-hetero) is 1. The van der Waals surface area contributed by atoms with Crippen molar-refractivity contribution in [2.45, 2.75) is 6.92 Å². The summed E-state index contributed by atoms with van der Waals surface area (Å²) in [4.78, 5) is 26.7. The lowest BCUT2D eigenvalue weighted by molar-refractivity contribution is 0.0600. The normalized spacial score (nSPS) is 10.0. The van der Waals surface area contributed by atoms with Gasteiger partial charge >= 0.3 is 5.97 Å². The van der Waals surface area contributed by atoms with E-state index in [-0.39, 0.29) is 11.8 Å². The summed E-state index contributed by atoms with van der Waals surface area (Å²) < 4.78 is 4.63. The van der Waals surface area contributed by atoms with Gasteiger partial charge in [-0.1, -0.05) is 12.1 Å². The first-order chi connectivity index (χ1) is 9.11. The fourth-order valence-electron chi connectivity index (χ4n) is 1.67. The summed E-state index contributed by atoms with van der Waals surface area (Å²) in [6, 6.07) is 10.5. The highest BCUT2D eigenvalue weighted by Gasteiger charge is 2.06. The van der Waals surface area contributed by atoms with Gasteiger partial charge in [0.1, 0.15) is 0 Å². The third-order valence-corrected chi connectivity index (χ3v) is 2.77. The number of ether oxygens (including phenoxy) is 1. The lowest BCUT2D eigenvalue weighted by atomic mass is 10.1. The molecule has 0 saturated heterocycles.